The molecule has 3 aromatic carbocycles. The van der Waals surface area contributed by atoms with Crippen LogP contribution in [-0.4, -0.2) is 18.0 Å². The van der Waals surface area contributed by atoms with Gasteiger partial charge in [0.05, 0.1) is 12.5 Å². The fraction of sp³-hybridized carbons (Fsp3) is 0.0833. The Morgan fingerprint density at radius 2 is 2.00 bits per heavy atom. The third-order valence-electron chi connectivity index (χ3n) is 4.77. The number of methoxy groups -OCH3 is 1. The summed E-state index contributed by atoms with van der Waals surface area (Å²) >= 11 is 0. The molecule has 0 aliphatic rings. The number of allylic oxidation sites excluding steroid dienone is 1. The van der Waals surface area contributed by atoms with Crippen LogP contribution in [0.15, 0.2) is 77.5 Å². The average Bonchev–Trinajstić information content (AvgIpc) is 3.19. The highest BCUT2D eigenvalue weighted by Crippen LogP contribution is 2.31. The molecule has 0 radical (unpaired) electrons. The summed E-state index contributed by atoms with van der Waals surface area (Å²) in [6.45, 7) is 1.86. The molecule has 0 spiro atoms. The summed E-state index contributed by atoms with van der Waals surface area (Å²) in [6.07, 6.45) is 2.91. The minimum Gasteiger partial charge on any atom is -0.497 e. The normalized spacial score (nSPS) is 11.2. The highest BCUT2D eigenvalue weighted by molar-refractivity contribution is 6.07. The number of nitrogens with zero attached hydrogens (tertiary/aromatic N) is 1. The fourth-order valence-electron chi connectivity index (χ4n) is 3.12. The minimum absolute atomic E-state index is 0.198. The Labute approximate surface area is 172 Å². The van der Waals surface area contributed by atoms with Crippen molar-refractivity contribution in [2.45, 2.75) is 6.92 Å². The topological polar surface area (TPSA) is 64.4 Å². The summed E-state index contributed by atoms with van der Waals surface area (Å²) in [6, 6.07) is 17.1. The van der Waals surface area contributed by atoms with Crippen molar-refractivity contribution in [3.8, 4) is 17.1 Å². The van der Waals surface area contributed by atoms with Crippen LogP contribution in [0.1, 0.15) is 15.9 Å². The number of carbonyl (C=O) groups is 1. The van der Waals surface area contributed by atoms with Crippen molar-refractivity contribution >= 4 is 22.4 Å². The van der Waals surface area contributed by atoms with E-state index in [1.165, 1.54) is 24.4 Å². The summed E-state index contributed by atoms with van der Waals surface area (Å²) in [5, 5.41) is 7.76. The maximum atomic E-state index is 13.4. The van der Waals surface area contributed by atoms with Crippen molar-refractivity contribution < 1.29 is 18.4 Å². The molecule has 0 unspecified atom stereocenters. The van der Waals surface area contributed by atoms with E-state index in [1.807, 2.05) is 31.2 Å². The Kier molecular flexibility index (Phi) is 5.30. The lowest BCUT2D eigenvalue weighted by Crippen LogP contribution is -1.97. The molecule has 0 saturated carbocycles. The number of hydrogen-bond acceptors (Lipinski definition) is 5. The molecule has 6 heteroatoms. The lowest BCUT2D eigenvalue weighted by atomic mass is 10.0. The van der Waals surface area contributed by atoms with Gasteiger partial charge in [-0.15, -0.1) is 0 Å². The predicted molar refractivity (Wildman–Crippen MR) is 114 cm³/mol. The zero-order chi connectivity index (χ0) is 21.1. The van der Waals surface area contributed by atoms with E-state index in [9.17, 15) is 9.18 Å². The number of ketones is 1. The molecule has 4 aromatic rings. The number of nitrogens with one attached hydrogen (secondary N) is 1. The largest absolute Gasteiger partial charge is 0.497 e. The number of carbonyl (C=O) groups excluding carboxylic acids is 1. The summed E-state index contributed by atoms with van der Waals surface area (Å²) in [7, 11) is 1.60. The maximum absolute atomic E-state index is 13.4. The second kappa shape index (κ2) is 8.21. The van der Waals surface area contributed by atoms with Gasteiger partial charge in [-0.1, -0.05) is 23.4 Å². The van der Waals surface area contributed by atoms with Crippen LogP contribution < -0.4 is 10.1 Å². The predicted octanol–water partition coefficient (Wildman–Crippen LogP) is 5.76. The number of aromatic nitrogens is 1. The fourth-order valence-corrected chi connectivity index (χ4v) is 3.12. The van der Waals surface area contributed by atoms with Gasteiger partial charge >= 0.3 is 0 Å². The van der Waals surface area contributed by atoms with Gasteiger partial charge in [-0.3, -0.25) is 4.79 Å². The smallest absolute Gasteiger partial charge is 0.187 e. The summed E-state index contributed by atoms with van der Waals surface area (Å²) < 4.78 is 24.2. The Morgan fingerprint density at radius 1 is 1.13 bits per heavy atom. The van der Waals surface area contributed by atoms with E-state index in [2.05, 4.69) is 10.5 Å². The number of fused-ring (bicyclic) bond motifs is 1. The van der Waals surface area contributed by atoms with Crippen molar-refractivity contribution in [1.29, 1.82) is 0 Å². The molecule has 0 aliphatic carbocycles. The molecule has 0 bridgehead atoms. The number of rotatable bonds is 6. The van der Waals surface area contributed by atoms with Gasteiger partial charge in [0.2, 0.25) is 0 Å². The van der Waals surface area contributed by atoms with Crippen LogP contribution in [0, 0.1) is 12.7 Å². The lowest BCUT2D eigenvalue weighted by Gasteiger charge is -2.05. The first-order valence-corrected chi connectivity index (χ1v) is 9.32. The second-order valence-corrected chi connectivity index (χ2v) is 6.78. The lowest BCUT2D eigenvalue weighted by molar-refractivity contribution is 0.104. The third kappa shape index (κ3) is 3.93. The summed E-state index contributed by atoms with van der Waals surface area (Å²) in [5.74, 6) is 0.726. The first-order chi connectivity index (χ1) is 14.5. The van der Waals surface area contributed by atoms with Gasteiger partial charge < -0.3 is 14.6 Å². The SMILES string of the molecule is COc1cccc(-c2onc3ccc(C(=O)/C=C/Nc4cc(F)ccc4C)cc23)c1. The second-order valence-electron chi connectivity index (χ2n) is 6.78. The van der Waals surface area contributed by atoms with Crippen molar-refractivity contribution in [1.82, 2.24) is 5.16 Å². The van der Waals surface area contributed by atoms with Crippen LogP contribution in [0.3, 0.4) is 0 Å². The van der Waals surface area contributed by atoms with Gasteiger partial charge in [-0.25, -0.2) is 4.39 Å². The van der Waals surface area contributed by atoms with Crippen molar-refractivity contribution in [2.24, 2.45) is 0 Å². The number of benzene rings is 3. The Hall–Kier alpha value is -3.93. The Bertz CT molecular complexity index is 1260. The quantitative estimate of drug-likeness (QED) is 0.328. The van der Waals surface area contributed by atoms with Crippen LogP contribution in [0.25, 0.3) is 22.2 Å². The Balaban J connectivity index is 1.59. The molecule has 1 heterocycles. The van der Waals surface area contributed by atoms with Crippen molar-refractivity contribution in [3.05, 3.63) is 89.9 Å². The Morgan fingerprint density at radius 3 is 2.83 bits per heavy atom. The van der Waals surface area contributed by atoms with E-state index < -0.39 is 0 Å². The zero-order valence-electron chi connectivity index (χ0n) is 16.5. The van der Waals surface area contributed by atoms with Gasteiger partial charge in [0.1, 0.15) is 17.1 Å². The summed E-state index contributed by atoms with van der Waals surface area (Å²) in [4.78, 5) is 12.6. The van der Waals surface area contributed by atoms with Gasteiger partial charge in [0.25, 0.3) is 0 Å². The van der Waals surface area contributed by atoms with E-state index in [-0.39, 0.29) is 11.6 Å². The number of ether oxygens (including phenoxy) is 1. The highest BCUT2D eigenvalue weighted by atomic mass is 19.1. The number of aryl methyl sites for hydroxylation is 1. The van der Waals surface area contributed by atoms with E-state index >= 15 is 0 Å². The van der Waals surface area contributed by atoms with E-state index in [0.717, 1.165) is 16.5 Å². The van der Waals surface area contributed by atoms with Gasteiger partial charge in [-0.05, 0) is 55.0 Å². The number of hydrogen-bond donors (Lipinski definition) is 1. The molecule has 0 amide bonds. The maximum Gasteiger partial charge on any atom is 0.187 e. The van der Waals surface area contributed by atoms with Crippen LogP contribution in [0.4, 0.5) is 10.1 Å². The van der Waals surface area contributed by atoms with Crippen LogP contribution in [0.2, 0.25) is 0 Å². The molecule has 5 nitrogen and oxygen atoms in total. The molecule has 1 aromatic heterocycles. The van der Waals surface area contributed by atoms with Crippen molar-refractivity contribution in [3.63, 3.8) is 0 Å². The van der Waals surface area contributed by atoms with Crippen LogP contribution in [0.5, 0.6) is 5.75 Å². The molecule has 150 valence electrons. The average molecular weight is 402 g/mol. The third-order valence-corrected chi connectivity index (χ3v) is 4.77. The minimum atomic E-state index is -0.342. The first kappa shape index (κ1) is 19.4. The van der Waals surface area contributed by atoms with Crippen molar-refractivity contribution in [2.75, 3.05) is 12.4 Å². The zero-order valence-corrected chi connectivity index (χ0v) is 16.5. The molecule has 1 N–H and O–H groups in total. The van der Waals surface area contributed by atoms with Crippen LogP contribution in [-0.2, 0) is 0 Å². The van der Waals surface area contributed by atoms with Gasteiger partial charge in [-0.2, -0.15) is 0 Å². The van der Waals surface area contributed by atoms with E-state index in [4.69, 9.17) is 9.26 Å². The summed E-state index contributed by atoms with van der Waals surface area (Å²) in [5.41, 5.74) is 3.43. The standard InChI is InChI=1S/C24H19FN2O3/c1-15-6-8-18(25)14-22(15)26-11-10-23(28)16-7-9-21-20(13-16)24(30-27-21)17-4-3-5-19(12-17)29-2/h3-14,26H,1-2H3/b11-10+. The molecular weight excluding hydrogens is 383 g/mol. The van der Waals surface area contributed by atoms with Crippen LogP contribution >= 0.6 is 0 Å². The monoisotopic (exact) mass is 402 g/mol. The molecule has 0 saturated heterocycles. The molecular formula is C24H19FN2O3. The van der Waals surface area contributed by atoms with E-state index in [1.54, 1.807) is 31.4 Å². The molecule has 0 fully saturated rings. The number of halogens is 1. The highest BCUT2D eigenvalue weighted by Gasteiger charge is 2.14. The first-order valence-electron chi connectivity index (χ1n) is 9.32. The molecule has 0 aliphatic heterocycles. The van der Waals surface area contributed by atoms with E-state index in [0.29, 0.717) is 28.3 Å². The molecule has 4 rings (SSSR count). The number of anilines is 1. The van der Waals surface area contributed by atoms with Gasteiger partial charge in [0, 0.05) is 29.1 Å². The van der Waals surface area contributed by atoms with Gasteiger partial charge in [0.15, 0.2) is 11.5 Å². The molecule has 30 heavy (non-hydrogen) atoms. The molecule has 0 atom stereocenters.